The smallest absolute Gasteiger partial charge is 0.416 e. The maximum Gasteiger partial charge on any atom is 0.416 e. The Morgan fingerprint density at radius 3 is 1.84 bits per heavy atom. The second-order valence-corrected chi connectivity index (χ2v) is 21.8. The van der Waals surface area contributed by atoms with Gasteiger partial charge < -0.3 is 49.3 Å². The molecule has 2 aromatic carbocycles. The van der Waals surface area contributed by atoms with Gasteiger partial charge in [0.05, 0.1) is 63.2 Å². The van der Waals surface area contributed by atoms with Crippen molar-refractivity contribution in [3.8, 4) is 34.5 Å². The molecule has 0 unspecified atom stereocenters. The van der Waals surface area contributed by atoms with Crippen LogP contribution in [0, 0.1) is 0 Å². The van der Waals surface area contributed by atoms with Crippen molar-refractivity contribution in [2.24, 2.45) is 0 Å². The minimum absolute atomic E-state index is 0.0562. The number of benzene rings is 2. The zero-order valence-corrected chi connectivity index (χ0v) is 46.4. The van der Waals surface area contributed by atoms with E-state index >= 15 is 0 Å². The lowest BCUT2D eigenvalue weighted by molar-refractivity contribution is -0.142. The number of alkyl halides is 6. The Kier molecular flexibility index (Phi) is 16.8. The molecule has 6 aliphatic heterocycles. The third kappa shape index (κ3) is 13.9. The summed E-state index contributed by atoms with van der Waals surface area (Å²) in [6, 6.07) is 16.4. The Morgan fingerprint density at radius 2 is 1.27 bits per heavy atom. The van der Waals surface area contributed by atoms with E-state index in [4.69, 9.17) is 57.4 Å². The Labute approximate surface area is 477 Å². The summed E-state index contributed by atoms with van der Waals surface area (Å²) in [5.41, 5.74) is 6.62. The fourth-order valence-electron chi connectivity index (χ4n) is 10.2. The van der Waals surface area contributed by atoms with Crippen LogP contribution < -0.4 is 40.5 Å². The molecule has 4 N–H and O–H groups in total. The molecular formula is C55H58Cl2F6N12O7. The predicted octanol–water partition coefficient (Wildman–Crippen LogP) is 11.2. The number of fused-ring (bicyclic) bond motifs is 8. The molecule has 82 heavy (non-hydrogen) atoms. The summed E-state index contributed by atoms with van der Waals surface area (Å²) in [5.74, 6) is 0.373. The van der Waals surface area contributed by atoms with Crippen LogP contribution in [0.4, 0.5) is 65.8 Å². The van der Waals surface area contributed by atoms with Crippen LogP contribution in [-0.2, 0) is 31.3 Å². The largest absolute Gasteiger partial charge is 0.461 e. The first-order valence-corrected chi connectivity index (χ1v) is 27.1. The minimum Gasteiger partial charge on any atom is -0.461 e. The number of anilines is 6. The van der Waals surface area contributed by atoms with Gasteiger partial charge in [0.15, 0.2) is 23.2 Å². The molecule has 0 saturated carbocycles. The van der Waals surface area contributed by atoms with E-state index in [1.54, 1.807) is 30.5 Å². The predicted molar refractivity (Wildman–Crippen MR) is 294 cm³/mol. The number of nitrogens with zero attached hydrogens (tertiary/aromatic N) is 9. The number of hydrogen-bond acceptors (Lipinski definition) is 17. The molecule has 0 spiro atoms. The lowest BCUT2D eigenvalue weighted by Gasteiger charge is -2.46. The Balaban J connectivity index is 0.000000157. The number of halogens is 8. The zero-order chi connectivity index (χ0) is 58.1. The number of nitrogen functional groups attached to an aromatic ring is 1. The van der Waals surface area contributed by atoms with Gasteiger partial charge in [-0.2, -0.15) is 36.3 Å². The molecular weight excluding hydrogens is 1130 g/mol. The second-order valence-electron chi connectivity index (χ2n) is 21.0. The van der Waals surface area contributed by atoms with Crippen molar-refractivity contribution in [3.05, 3.63) is 106 Å². The molecule has 6 aliphatic rings. The van der Waals surface area contributed by atoms with Crippen molar-refractivity contribution < 1.29 is 59.6 Å². The van der Waals surface area contributed by atoms with Gasteiger partial charge >= 0.3 is 30.4 Å². The molecule has 4 atom stereocenters. The molecule has 436 valence electrons. The highest BCUT2D eigenvalue weighted by atomic mass is 35.5. The van der Waals surface area contributed by atoms with E-state index in [2.05, 4.69) is 50.3 Å². The highest BCUT2D eigenvalue weighted by Gasteiger charge is 2.41. The standard InChI is InChI=1S/C28H28ClF3N6O4.C17H15ClF3N3.C10H15N3O3/c1-27(2)41-15-19(42-27)14-40-25-33-9-8-22(34-25)35-26(39)38-18-7-4-10-37(13-18)21-12-20(29)23(36-24(21)38)16-5-3-6-17(11-16)28(30,31)32;18-13-8-14-16(22-12-5-2-6-24(14)9-12)23-15(13)10-3-1-4-11(7-10)17(19,20)21;1-10(2)15-6-7(16-10)5-14-9-12-4-3-8(11)13-9/h3,5-6,8-9,11-12,18-19H,4,7,10,13-15H2,1-2H3,(H,33,34,35,39);1,3-4,7-8,12H,2,5-6,9H2,(H,22,23);3-4,7H,5-6H2,1-2H3,(H2,11,12,13)/t18-,19-;12-;7-/m000/s1. The number of aromatic nitrogens is 6. The molecule has 19 nitrogen and oxygen atoms in total. The fourth-order valence-corrected chi connectivity index (χ4v) is 10.7. The number of nitrogens with two attached hydrogens (primary N) is 1. The summed E-state index contributed by atoms with van der Waals surface area (Å²) >= 11 is 12.9. The summed E-state index contributed by atoms with van der Waals surface area (Å²) in [6.07, 6.45) is -2.55. The van der Waals surface area contributed by atoms with Crippen LogP contribution in [0.5, 0.6) is 12.0 Å². The second kappa shape index (κ2) is 23.7. The van der Waals surface area contributed by atoms with E-state index in [0.29, 0.717) is 71.8 Å². The van der Waals surface area contributed by atoms with E-state index in [1.807, 2.05) is 27.7 Å². The number of carbonyl (C=O) groups is 1. The van der Waals surface area contributed by atoms with Crippen LogP contribution in [0.25, 0.3) is 22.5 Å². The molecule has 0 radical (unpaired) electrons. The number of urea groups is 1. The summed E-state index contributed by atoms with van der Waals surface area (Å²) in [4.78, 5) is 45.1. The van der Waals surface area contributed by atoms with Crippen LogP contribution in [0.3, 0.4) is 0 Å². The van der Waals surface area contributed by atoms with E-state index in [0.717, 1.165) is 75.3 Å². The van der Waals surface area contributed by atoms with Crippen LogP contribution >= 0.6 is 23.2 Å². The number of hydrogen-bond donors (Lipinski definition) is 3. The van der Waals surface area contributed by atoms with Gasteiger partial charge in [0, 0.05) is 55.7 Å². The Morgan fingerprint density at radius 1 is 0.720 bits per heavy atom. The van der Waals surface area contributed by atoms with Crippen molar-refractivity contribution in [1.82, 2.24) is 29.9 Å². The van der Waals surface area contributed by atoms with Crippen molar-refractivity contribution in [1.29, 1.82) is 0 Å². The number of piperidine rings is 2. The third-order valence-corrected chi connectivity index (χ3v) is 14.5. The van der Waals surface area contributed by atoms with Crippen molar-refractivity contribution in [2.75, 3.05) is 83.7 Å². The minimum atomic E-state index is -4.53. The van der Waals surface area contributed by atoms with Crippen LogP contribution in [0.15, 0.2) is 85.2 Å². The summed E-state index contributed by atoms with van der Waals surface area (Å²) in [6.45, 7) is 11.9. The number of nitrogens with one attached hydrogen (secondary N) is 2. The van der Waals surface area contributed by atoms with Gasteiger partial charge in [-0.15, -0.1) is 0 Å². The van der Waals surface area contributed by atoms with Gasteiger partial charge in [0.1, 0.15) is 37.1 Å². The number of carbonyl (C=O) groups excluding carboxylic acids is 1. The van der Waals surface area contributed by atoms with E-state index < -0.39 is 41.1 Å². The number of amides is 2. The van der Waals surface area contributed by atoms with Gasteiger partial charge in [-0.25, -0.2) is 24.7 Å². The molecule has 4 fully saturated rings. The highest BCUT2D eigenvalue weighted by Crippen LogP contribution is 2.44. The zero-order valence-electron chi connectivity index (χ0n) is 44.9. The first-order chi connectivity index (χ1) is 38.9. The summed E-state index contributed by atoms with van der Waals surface area (Å²) in [7, 11) is 0. The van der Waals surface area contributed by atoms with Crippen molar-refractivity contribution in [2.45, 2.75) is 102 Å². The lowest BCUT2D eigenvalue weighted by atomic mass is 9.99. The molecule has 10 heterocycles. The van der Waals surface area contributed by atoms with Gasteiger partial charge in [-0.05, 0) is 102 Å². The third-order valence-electron chi connectivity index (χ3n) is 13.9. The topological polar surface area (TPSA) is 210 Å². The normalized spacial score (nSPS) is 21.1. The molecule has 12 rings (SSSR count). The number of ether oxygens (including phenoxy) is 6. The van der Waals surface area contributed by atoms with Crippen molar-refractivity contribution >= 4 is 63.9 Å². The maximum absolute atomic E-state index is 13.7. The maximum atomic E-state index is 13.7. The summed E-state index contributed by atoms with van der Waals surface area (Å²) < 4.78 is 112. The highest BCUT2D eigenvalue weighted by molar-refractivity contribution is 6.34. The number of pyridine rings is 2. The molecule has 4 aromatic heterocycles. The Bertz CT molecular complexity index is 3290. The Hall–Kier alpha value is -7.03. The molecule has 27 heteroatoms. The molecule has 0 aliphatic carbocycles. The van der Waals surface area contributed by atoms with E-state index in [9.17, 15) is 31.1 Å². The van der Waals surface area contributed by atoms with Gasteiger partial charge in [0.25, 0.3) is 0 Å². The first-order valence-electron chi connectivity index (χ1n) is 26.4. The quantitative estimate of drug-likeness (QED) is 0.115. The first kappa shape index (κ1) is 58.2. The lowest BCUT2D eigenvalue weighted by Crippen LogP contribution is -2.56. The number of rotatable bonds is 9. The summed E-state index contributed by atoms with van der Waals surface area (Å²) in [5, 5.41) is 6.73. The van der Waals surface area contributed by atoms with Gasteiger partial charge in [-0.1, -0.05) is 47.5 Å². The molecule has 2 amide bonds. The fraction of sp³-hybridized carbons (Fsp3) is 0.436. The molecule has 4 saturated heterocycles. The average molecular weight is 1180 g/mol. The van der Waals surface area contributed by atoms with E-state index in [1.165, 1.54) is 35.4 Å². The average Bonchev–Trinajstić information content (AvgIpc) is 2.83. The molecule has 4 bridgehead atoms. The van der Waals surface area contributed by atoms with Crippen LogP contribution in [0.2, 0.25) is 10.0 Å². The molecule has 6 aromatic rings. The van der Waals surface area contributed by atoms with Crippen LogP contribution in [0.1, 0.15) is 64.5 Å². The van der Waals surface area contributed by atoms with Gasteiger partial charge in [-0.3, -0.25) is 10.2 Å². The van der Waals surface area contributed by atoms with Gasteiger partial charge in [0.2, 0.25) is 0 Å². The monoisotopic (exact) mass is 1180 g/mol. The SMILES string of the molecule is CC1(C)OC[C@H](COc2nccc(N)n2)O1.CC1(C)OC[C@H](COc2nccc(NC(=O)N3c4nc(-c5cccc(C(F)(F)F)c5)c(Cl)cc4N4CCC[C@H]3C4)n2)O1.FC(F)(F)c1cccc(-c2nc3c(cc2Cl)N2CCC[C@@H](C2)N3)c1. The van der Waals surface area contributed by atoms with Crippen LogP contribution in [-0.4, -0.2) is 124 Å². The van der Waals surface area contributed by atoms with E-state index in [-0.39, 0.29) is 59.0 Å². The van der Waals surface area contributed by atoms with Crippen molar-refractivity contribution in [3.63, 3.8) is 0 Å².